The van der Waals surface area contributed by atoms with E-state index in [0.717, 1.165) is 24.7 Å². The normalized spacial score (nSPS) is 11.1. The van der Waals surface area contributed by atoms with Gasteiger partial charge >= 0.3 is 0 Å². The molecule has 5 nitrogen and oxygen atoms in total. The van der Waals surface area contributed by atoms with E-state index in [4.69, 9.17) is 0 Å². The highest BCUT2D eigenvalue weighted by atomic mass is 127. The fraction of sp³-hybridized carbons (Fsp3) is 0.263. The van der Waals surface area contributed by atoms with Gasteiger partial charge in [-0.25, -0.2) is 9.67 Å². The lowest BCUT2D eigenvalue weighted by Gasteiger charge is -2.10. The van der Waals surface area contributed by atoms with Gasteiger partial charge in [-0.3, -0.25) is 0 Å². The molecule has 0 radical (unpaired) electrons. The average molecular weight is 481 g/mol. The van der Waals surface area contributed by atoms with Crippen molar-refractivity contribution in [2.24, 2.45) is 4.99 Å². The minimum Gasteiger partial charge on any atom is -0.357 e. The molecule has 0 atom stereocenters. The Morgan fingerprint density at radius 3 is 2.58 bits per heavy atom. The van der Waals surface area contributed by atoms with E-state index in [1.165, 1.54) is 15.3 Å². The van der Waals surface area contributed by atoms with Crippen molar-refractivity contribution >= 4 is 41.3 Å². The lowest BCUT2D eigenvalue weighted by Crippen LogP contribution is -2.36. The number of hydrogen-bond donors (Lipinski definition) is 2. The molecule has 2 heterocycles. The Balaban J connectivity index is 0.00000243. The number of aromatic nitrogens is 2. The molecule has 7 heteroatoms. The Bertz CT molecular complexity index is 809. The number of nitrogens with one attached hydrogen (secondary N) is 2. The third-order valence-electron chi connectivity index (χ3n) is 3.70. The second kappa shape index (κ2) is 10.3. The first-order valence-corrected chi connectivity index (χ1v) is 9.22. The van der Waals surface area contributed by atoms with Gasteiger partial charge in [-0.05, 0) is 49.7 Å². The molecule has 2 N–H and O–H groups in total. The average Bonchev–Trinajstić information content (AvgIpc) is 3.30. The monoisotopic (exact) mass is 481 g/mol. The topological polar surface area (TPSA) is 54.2 Å². The van der Waals surface area contributed by atoms with E-state index in [1.54, 1.807) is 6.20 Å². The van der Waals surface area contributed by atoms with Crippen LogP contribution in [0.25, 0.3) is 5.69 Å². The van der Waals surface area contributed by atoms with Crippen molar-refractivity contribution in [2.45, 2.75) is 26.9 Å². The van der Waals surface area contributed by atoms with Crippen LogP contribution < -0.4 is 10.6 Å². The van der Waals surface area contributed by atoms with Crippen LogP contribution in [0.15, 0.2) is 59.9 Å². The van der Waals surface area contributed by atoms with Crippen LogP contribution in [0.1, 0.15) is 22.2 Å². The van der Waals surface area contributed by atoms with Crippen molar-refractivity contribution in [1.29, 1.82) is 0 Å². The number of hydrogen-bond acceptors (Lipinski definition) is 3. The van der Waals surface area contributed by atoms with E-state index in [2.05, 4.69) is 71.0 Å². The van der Waals surface area contributed by atoms with Crippen LogP contribution in [-0.4, -0.2) is 22.3 Å². The fourth-order valence-corrected chi connectivity index (χ4v) is 3.27. The summed E-state index contributed by atoms with van der Waals surface area (Å²) < 4.78 is 1.85. The lowest BCUT2D eigenvalue weighted by molar-refractivity contribution is 0.823. The molecule has 0 amide bonds. The van der Waals surface area contributed by atoms with E-state index < -0.39 is 0 Å². The smallest absolute Gasteiger partial charge is 0.191 e. The summed E-state index contributed by atoms with van der Waals surface area (Å²) in [5.74, 6) is 0.838. The highest BCUT2D eigenvalue weighted by Crippen LogP contribution is 2.14. The highest BCUT2D eigenvalue weighted by molar-refractivity contribution is 14.0. The van der Waals surface area contributed by atoms with Gasteiger partial charge in [0.25, 0.3) is 0 Å². The molecular formula is C19H24IN5S. The summed E-state index contributed by atoms with van der Waals surface area (Å²) in [6.45, 7) is 6.47. The maximum atomic E-state index is 4.67. The van der Waals surface area contributed by atoms with Gasteiger partial charge in [-0.1, -0.05) is 12.1 Å². The SMILES string of the molecule is CCNC(=NCc1ccc(-n2cccn2)cc1)NCc1ccc(C)s1.I. The van der Waals surface area contributed by atoms with Crippen molar-refractivity contribution in [3.8, 4) is 5.69 Å². The van der Waals surface area contributed by atoms with Crippen molar-refractivity contribution < 1.29 is 0 Å². The van der Waals surface area contributed by atoms with Gasteiger partial charge < -0.3 is 10.6 Å². The van der Waals surface area contributed by atoms with Crippen LogP contribution in [0.2, 0.25) is 0 Å². The second-order valence-electron chi connectivity index (χ2n) is 5.68. The van der Waals surface area contributed by atoms with Gasteiger partial charge in [0.05, 0.1) is 18.8 Å². The summed E-state index contributed by atoms with van der Waals surface area (Å²) >= 11 is 1.81. The molecular weight excluding hydrogens is 457 g/mol. The van der Waals surface area contributed by atoms with Crippen LogP contribution in [0, 0.1) is 6.92 Å². The van der Waals surface area contributed by atoms with Gasteiger partial charge in [0.15, 0.2) is 5.96 Å². The largest absolute Gasteiger partial charge is 0.357 e. The van der Waals surface area contributed by atoms with E-state index in [0.29, 0.717) is 6.54 Å². The quantitative estimate of drug-likeness (QED) is 0.317. The van der Waals surface area contributed by atoms with E-state index in [1.807, 2.05) is 28.3 Å². The number of guanidine groups is 1. The summed E-state index contributed by atoms with van der Waals surface area (Å²) in [5.41, 5.74) is 2.22. The van der Waals surface area contributed by atoms with E-state index >= 15 is 0 Å². The number of halogens is 1. The zero-order valence-corrected chi connectivity index (χ0v) is 18.1. The van der Waals surface area contributed by atoms with Gasteiger partial charge in [-0.2, -0.15) is 5.10 Å². The predicted molar refractivity (Wildman–Crippen MR) is 120 cm³/mol. The minimum absolute atomic E-state index is 0. The first-order valence-electron chi connectivity index (χ1n) is 8.41. The van der Waals surface area contributed by atoms with Crippen LogP contribution in [-0.2, 0) is 13.1 Å². The van der Waals surface area contributed by atoms with Crippen molar-refractivity contribution in [1.82, 2.24) is 20.4 Å². The molecule has 0 fully saturated rings. The fourth-order valence-electron chi connectivity index (χ4n) is 2.44. The van der Waals surface area contributed by atoms with E-state index in [9.17, 15) is 0 Å². The highest BCUT2D eigenvalue weighted by Gasteiger charge is 2.01. The summed E-state index contributed by atoms with van der Waals surface area (Å²) in [7, 11) is 0. The molecule has 0 saturated carbocycles. The molecule has 1 aromatic carbocycles. The maximum absolute atomic E-state index is 4.67. The molecule has 0 spiro atoms. The summed E-state index contributed by atoms with van der Waals surface area (Å²) in [4.78, 5) is 7.32. The Kier molecular flexibility index (Phi) is 8.11. The Hall–Kier alpha value is -1.87. The number of aryl methyl sites for hydroxylation is 1. The number of nitrogens with zero attached hydrogens (tertiary/aromatic N) is 3. The zero-order chi connectivity index (χ0) is 17.5. The van der Waals surface area contributed by atoms with Crippen LogP contribution in [0.4, 0.5) is 0 Å². The van der Waals surface area contributed by atoms with Crippen LogP contribution in [0.3, 0.4) is 0 Å². The molecule has 0 aliphatic carbocycles. The molecule has 0 aliphatic heterocycles. The molecule has 138 valence electrons. The van der Waals surface area contributed by atoms with Crippen LogP contribution >= 0.6 is 35.3 Å². The molecule has 3 aromatic rings. The molecule has 3 rings (SSSR count). The van der Waals surface area contributed by atoms with Crippen molar-refractivity contribution in [3.05, 3.63) is 70.2 Å². The van der Waals surface area contributed by atoms with Crippen molar-refractivity contribution in [3.63, 3.8) is 0 Å². The summed E-state index contributed by atoms with van der Waals surface area (Å²) in [6.07, 6.45) is 3.72. The maximum Gasteiger partial charge on any atom is 0.191 e. The van der Waals surface area contributed by atoms with Gasteiger partial charge in [0.1, 0.15) is 0 Å². The number of aliphatic imine (C=N–C) groups is 1. The number of thiophene rings is 1. The number of rotatable bonds is 6. The first-order chi connectivity index (χ1) is 12.2. The molecule has 0 aliphatic rings. The third kappa shape index (κ3) is 5.84. The molecule has 0 unspecified atom stereocenters. The molecule has 0 bridgehead atoms. The van der Waals surface area contributed by atoms with E-state index in [-0.39, 0.29) is 24.0 Å². The van der Waals surface area contributed by atoms with Gasteiger partial charge in [0, 0.05) is 28.7 Å². The third-order valence-corrected chi connectivity index (χ3v) is 4.70. The molecule has 2 aromatic heterocycles. The summed E-state index contributed by atoms with van der Waals surface area (Å²) in [6, 6.07) is 14.5. The van der Waals surface area contributed by atoms with Crippen molar-refractivity contribution in [2.75, 3.05) is 6.54 Å². The van der Waals surface area contributed by atoms with Gasteiger partial charge in [0.2, 0.25) is 0 Å². The zero-order valence-electron chi connectivity index (χ0n) is 15.0. The minimum atomic E-state index is 0. The van der Waals surface area contributed by atoms with Crippen LogP contribution in [0.5, 0.6) is 0 Å². The Morgan fingerprint density at radius 1 is 1.15 bits per heavy atom. The molecule has 0 saturated heterocycles. The Morgan fingerprint density at radius 2 is 1.96 bits per heavy atom. The standard InChI is InChI=1S/C19H23N5S.HI/c1-3-20-19(22-14-18-10-5-15(2)25-18)21-13-16-6-8-17(9-7-16)24-12-4-11-23-24;/h4-12H,3,13-14H2,1-2H3,(H2,20,21,22);1H. The van der Waals surface area contributed by atoms with Gasteiger partial charge in [-0.15, -0.1) is 35.3 Å². The Labute approximate surface area is 175 Å². The lowest BCUT2D eigenvalue weighted by atomic mass is 10.2. The molecule has 26 heavy (non-hydrogen) atoms. The second-order valence-corrected chi connectivity index (χ2v) is 7.05. The summed E-state index contributed by atoms with van der Waals surface area (Å²) in [5, 5.41) is 10.9. The first kappa shape index (κ1) is 20.4. The number of benzene rings is 1. The predicted octanol–water partition coefficient (Wildman–Crippen LogP) is 4.12.